The van der Waals surface area contributed by atoms with Crippen molar-refractivity contribution in [2.24, 2.45) is 5.73 Å². The molecule has 0 spiro atoms. The lowest BCUT2D eigenvalue weighted by atomic mass is 10.2. The minimum Gasteiger partial charge on any atom is -0.454 e. The predicted octanol–water partition coefficient (Wildman–Crippen LogP) is 2.30. The molecule has 0 aliphatic heterocycles. The number of nitrogens with zero attached hydrogens (tertiary/aromatic N) is 3. The third-order valence-corrected chi connectivity index (χ3v) is 2.66. The Hall–Kier alpha value is -2.27. The maximum absolute atomic E-state index is 5.68. The number of hydrogen-bond acceptors (Lipinski definition) is 5. The summed E-state index contributed by atoms with van der Waals surface area (Å²) in [6, 6.07) is 9.49. The fourth-order valence-corrected chi connectivity index (χ4v) is 1.71. The number of aromatic nitrogens is 3. The van der Waals surface area contributed by atoms with Gasteiger partial charge in [-0.05, 0) is 19.1 Å². The molecule has 0 aliphatic rings. The smallest absolute Gasteiger partial charge is 0.167 e. The van der Waals surface area contributed by atoms with E-state index in [1.165, 1.54) is 0 Å². The largest absolute Gasteiger partial charge is 0.454 e. The Labute approximate surface area is 104 Å². The van der Waals surface area contributed by atoms with Crippen LogP contribution in [0.25, 0.3) is 22.4 Å². The van der Waals surface area contributed by atoms with Crippen molar-refractivity contribution in [1.29, 1.82) is 0 Å². The van der Waals surface area contributed by atoms with Crippen LogP contribution in [0.3, 0.4) is 0 Å². The van der Waals surface area contributed by atoms with Gasteiger partial charge >= 0.3 is 0 Å². The maximum atomic E-state index is 5.68. The lowest BCUT2D eigenvalue weighted by molar-refractivity contribution is 0.622. The number of nitrogens with two attached hydrogens (primary N) is 1. The molecule has 3 rings (SSSR count). The first-order valence-corrected chi connectivity index (χ1v) is 5.68. The van der Waals surface area contributed by atoms with Crippen molar-refractivity contribution in [2.45, 2.75) is 13.0 Å². The second kappa shape index (κ2) is 4.19. The highest BCUT2D eigenvalue weighted by Gasteiger charge is 2.09. The summed E-state index contributed by atoms with van der Waals surface area (Å²) in [5.74, 6) is 1.18. The normalized spacial score (nSPS) is 12.8. The molecule has 90 valence electrons. The molecule has 2 aromatic heterocycles. The van der Waals surface area contributed by atoms with Crippen molar-refractivity contribution >= 4 is 11.0 Å². The molecule has 2 heterocycles. The van der Waals surface area contributed by atoms with Crippen LogP contribution in [0.5, 0.6) is 0 Å². The van der Waals surface area contributed by atoms with Crippen molar-refractivity contribution in [3.8, 4) is 11.5 Å². The van der Waals surface area contributed by atoms with Gasteiger partial charge in [0.2, 0.25) is 0 Å². The van der Waals surface area contributed by atoms with Gasteiger partial charge in [0.15, 0.2) is 11.6 Å². The summed E-state index contributed by atoms with van der Waals surface area (Å²) < 4.78 is 5.68. The summed E-state index contributed by atoms with van der Waals surface area (Å²) in [6.07, 6.45) is 1.63. The monoisotopic (exact) mass is 240 g/mol. The van der Waals surface area contributed by atoms with Crippen molar-refractivity contribution in [3.05, 3.63) is 42.4 Å². The standard InChI is InChI=1S/C13H12N4O/c1-8(14)13-15-7-10(16-17-13)12-6-9-4-2-3-5-11(9)18-12/h2-8H,14H2,1H3. The predicted molar refractivity (Wildman–Crippen MR) is 67.6 cm³/mol. The van der Waals surface area contributed by atoms with E-state index in [2.05, 4.69) is 15.2 Å². The summed E-state index contributed by atoms with van der Waals surface area (Å²) in [4.78, 5) is 4.17. The molecule has 0 aliphatic carbocycles. The average molecular weight is 240 g/mol. The van der Waals surface area contributed by atoms with E-state index >= 15 is 0 Å². The van der Waals surface area contributed by atoms with E-state index in [1.54, 1.807) is 6.20 Å². The van der Waals surface area contributed by atoms with Crippen LogP contribution >= 0.6 is 0 Å². The summed E-state index contributed by atoms with van der Waals surface area (Å²) in [5.41, 5.74) is 7.11. The lowest BCUT2D eigenvalue weighted by Gasteiger charge is -2.01. The molecule has 0 radical (unpaired) electrons. The molecule has 0 fully saturated rings. The van der Waals surface area contributed by atoms with Crippen LogP contribution in [0.1, 0.15) is 18.8 Å². The van der Waals surface area contributed by atoms with Gasteiger partial charge in [0, 0.05) is 5.39 Å². The average Bonchev–Trinajstić information content (AvgIpc) is 2.82. The molecule has 0 saturated heterocycles. The van der Waals surface area contributed by atoms with Gasteiger partial charge in [-0.1, -0.05) is 18.2 Å². The van der Waals surface area contributed by atoms with Gasteiger partial charge in [-0.25, -0.2) is 4.98 Å². The van der Waals surface area contributed by atoms with E-state index in [1.807, 2.05) is 37.3 Å². The van der Waals surface area contributed by atoms with Crippen LogP contribution in [0, 0.1) is 0 Å². The number of para-hydroxylation sites is 1. The summed E-state index contributed by atoms with van der Waals surface area (Å²) in [5, 5.41) is 9.09. The van der Waals surface area contributed by atoms with Crippen molar-refractivity contribution in [3.63, 3.8) is 0 Å². The van der Waals surface area contributed by atoms with Crippen LogP contribution in [-0.2, 0) is 0 Å². The second-order valence-corrected chi connectivity index (χ2v) is 4.14. The molecule has 0 bridgehead atoms. The first kappa shape index (κ1) is 10.9. The Morgan fingerprint density at radius 3 is 2.72 bits per heavy atom. The second-order valence-electron chi connectivity index (χ2n) is 4.14. The number of rotatable bonds is 2. The highest BCUT2D eigenvalue weighted by molar-refractivity contribution is 5.81. The van der Waals surface area contributed by atoms with E-state index in [0.717, 1.165) is 11.0 Å². The van der Waals surface area contributed by atoms with Crippen molar-refractivity contribution < 1.29 is 4.42 Å². The van der Waals surface area contributed by atoms with E-state index in [0.29, 0.717) is 17.3 Å². The SMILES string of the molecule is CC(N)c1ncc(-c2cc3ccccc3o2)nn1. The molecule has 5 heteroatoms. The Bertz CT molecular complexity index is 640. The summed E-state index contributed by atoms with van der Waals surface area (Å²) >= 11 is 0. The molecule has 0 amide bonds. The van der Waals surface area contributed by atoms with Crippen molar-refractivity contribution in [1.82, 2.24) is 15.2 Å². The van der Waals surface area contributed by atoms with Gasteiger partial charge in [0.05, 0.1) is 12.2 Å². The first-order chi connectivity index (χ1) is 8.74. The fourth-order valence-electron chi connectivity index (χ4n) is 1.71. The number of fused-ring (bicyclic) bond motifs is 1. The number of benzene rings is 1. The number of furan rings is 1. The zero-order valence-corrected chi connectivity index (χ0v) is 9.87. The molecule has 0 saturated carbocycles. The molecule has 18 heavy (non-hydrogen) atoms. The Morgan fingerprint density at radius 1 is 1.22 bits per heavy atom. The van der Waals surface area contributed by atoms with E-state index < -0.39 is 0 Å². The van der Waals surface area contributed by atoms with Gasteiger partial charge < -0.3 is 10.2 Å². The van der Waals surface area contributed by atoms with Gasteiger partial charge in [-0.15, -0.1) is 10.2 Å². The summed E-state index contributed by atoms with van der Waals surface area (Å²) in [7, 11) is 0. The summed E-state index contributed by atoms with van der Waals surface area (Å²) in [6.45, 7) is 1.82. The molecule has 3 aromatic rings. The first-order valence-electron chi connectivity index (χ1n) is 5.68. The topological polar surface area (TPSA) is 77.8 Å². The fraction of sp³-hybridized carbons (Fsp3) is 0.154. The van der Waals surface area contributed by atoms with Crippen LogP contribution in [0.2, 0.25) is 0 Å². The van der Waals surface area contributed by atoms with E-state index in [9.17, 15) is 0 Å². The van der Waals surface area contributed by atoms with Gasteiger partial charge in [-0.3, -0.25) is 0 Å². The third-order valence-electron chi connectivity index (χ3n) is 2.66. The van der Waals surface area contributed by atoms with Crippen LogP contribution < -0.4 is 5.73 Å². The van der Waals surface area contributed by atoms with E-state index in [-0.39, 0.29) is 6.04 Å². The highest BCUT2D eigenvalue weighted by atomic mass is 16.3. The van der Waals surface area contributed by atoms with Crippen molar-refractivity contribution in [2.75, 3.05) is 0 Å². The van der Waals surface area contributed by atoms with Crippen LogP contribution in [0.15, 0.2) is 40.9 Å². The number of hydrogen-bond donors (Lipinski definition) is 1. The van der Waals surface area contributed by atoms with Crippen LogP contribution in [-0.4, -0.2) is 15.2 Å². The Morgan fingerprint density at radius 2 is 2.06 bits per heavy atom. The quantitative estimate of drug-likeness (QED) is 0.743. The Kier molecular flexibility index (Phi) is 2.53. The van der Waals surface area contributed by atoms with Crippen LogP contribution in [0.4, 0.5) is 0 Å². The zero-order valence-electron chi connectivity index (χ0n) is 9.87. The lowest BCUT2D eigenvalue weighted by Crippen LogP contribution is -2.10. The molecule has 2 N–H and O–H groups in total. The highest BCUT2D eigenvalue weighted by Crippen LogP contribution is 2.25. The molecule has 1 aromatic carbocycles. The zero-order chi connectivity index (χ0) is 12.5. The van der Waals surface area contributed by atoms with Gasteiger partial charge in [0.25, 0.3) is 0 Å². The van der Waals surface area contributed by atoms with E-state index in [4.69, 9.17) is 10.2 Å². The Balaban J connectivity index is 2.03. The molecule has 1 unspecified atom stereocenters. The minimum atomic E-state index is -0.220. The van der Waals surface area contributed by atoms with Gasteiger partial charge in [-0.2, -0.15) is 0 Å². The van der Waals surface area contributed by atoms with Gasteiger partial charge in [0.1, 0.15) is 11.3 Å². The molecule has 5 nitrogen and oxygen atoms in total. The molecular formula is C13H12N4O. The maximum Gasteiger partial charge on any atom is 0.167 e. The third kappa shape index (κ3) is 1.84. The minimum absolute atomic E-state index is 0.220. The molecular weight excluding hydrogens is 228 g/mol. The molecule has 1 atom stereocenters.